The highest BCUT2D eigenvalue weighted by Crippen LogP contribution is 2.23. The van der Waals surface area contributed by atoms with Crippen LogP contribution in [-0.2, 0) is 0 Å². The Bertz CT molecular complexity index is 465. The van der Waals surface area contributed by atoms with Crippen molar-refractivity contribution >= 4 is 18.3 Å². The molecule has 1 N–H and O–H groups in total. The highest BCUT2D eigenvalue weighted by atomic mass is 35.5. The molecule has 4 nitrogen and oxygen atoms in total. The Labute approximate surface area is 133 Å². The van der Waals surface area contributed by atoms with Crippen molar-refractivity contribution in [1.29, 1.82) is 0 Å². The second-order valence-electron chi connectivity index (χ2n) is 5.54. The fourth-order valence-electron chi connectivity index (χ4n) is 2.57. The maximum atomic E-state index is 12.7. The van der Waals surface area contributed by atoms with Crippen LogP contribution in [0.15, 0.2) is 24.3 Å². The highest BCUT2D eigenvalue weighted by molar-refractivity contribution is 5.97. The predicted octanol–water partition coefficient (Wildman–Crippen LogP) is 2.72. The molecule has 1 aromatic rings. The summed E-state index contributed by atoms with van der Waals surface area (Å²) in [5.74, 6) is 0.750. The molecule has 0 bridgehead atoms. The second kappa shape index (κ2) is 8.25. The van der Waals surface area contributed by atoms with Gasteiger partial charge in [-0.3, -0.25) is 4.79 Å². The molecule has 1 aromatic carbocycles. The largest absolute Gasteiger partial charge is 0.490 e. The van der Waals surface area contributed by atoms with E-state index in [1.165, 1.54) is 0 Å². The summed E-state index contributed by atoms with van der Waals surface area (Å²) >= 11 is 0. The van der Waals surface area contributed by atoms with Gasteiger partial charge in [0, 0.05) is 19.1 Å². The molecule has 2 rings (SSSR count). The van der Waals surface area contributed by atoms with Crippen molar-refractivity contribution in [1.82, 2.24) is 10.2 Å². The second-order valence-corrected chi connectivity index (χ2v) is 5.54. The van der Waals surface area contributed by atoms with Gasteiger partial charge >= 0.3 is 0 Å². The lowest BCUT2D eigenvalue weighted by Crippen LogP contribution is -2.47. The Morgan fingerprint density at radius 1 is 1.38 bits per heavy atom. The zero-order valence-corrected chi connectivity index (χ0v) is 13.8. The van der Waals surface area contributed by atoms with E-state index in [9.17, 15) is 4.79 Å². The van der Waals surface area contributed by atoms with E-state index < -0.39 is 0 Å². The molecule has 1 fully saturated rings. The summed E-state index contributed by atoms with van der Waals surface area (Å²) in [5, 5.41) is 3.26. The van der Waals surface area contributed by atoms with Crippen molar-refractivity contribution < 1.29 is 9.53 Å². The normalized spacial score (nSPS) is 18.3. The Kier molecular flexibility index (Phi) is 6.99. The first-order chi connectivity index (χ1) is 9.61. The average Bonchev–Trinajstić information content (AvgIpc) is 2.46. The molecule has 0 aliphatic carbocycles. The molecule has 0 radical (unpaired) electrons. The zero-order valence-electron chi connectivity index (χ0n) is 13.0. The molecule has 1 heterocycles. The number of likely N-dealkylation sites (tertiary alicyclic amines) is 1. The number of halogens is 1. The van der Waals surface area contributed by atoms with Gasteiger partial charge in [-0.1, -0.05) is 12.1 Å². The number of nitrogens with zero attached hydrogens (tertiary/aromatic N) is 1. The number of likely N-dealkylation sites (N-methyl/N-ethyl adjacent to an activating group) is 1. The molecule has 5 heteroatoms. The molecule has 1 aliphatic rings. The third kappa shape index (κ3) is 4.61. The Morgan fingerprint density at radius 2 is 2.10 bits per heavy atom. The average molecular weight is 313 g/mol. The minimum absolute atomic E-state index is 0. The van der Waals surface area contributed by atoms with E-state index in [2.05, 4.69) is 5.32 Å². The first kappa shape index (κ1) is 17.8. The number of carbonyl (C=O) groups excluding carboxylic acids is 1. The van der Waals surface area contributed by atoms with Gasteiger partial charge in [-0.05, 0) is 45.9 Å². The zero-order chi connectivity index (χ0) is 14.5. The summed E-state index contributed by atoms with van der Waals surface area (Å²) in [6.07, 6.45) is 2.24. The number of hydrogen-bond donors (Lipinski definition) is 1. The van der Waals surface area contributed by atoms with Crippen LogP contribution in [-0.4, -0.2) is 43.1 Å². The molecule has 118 valence electrons. The number of nitrogens with one attached hydrogen (secondary N) is 1. The van der Waals surface area contributed by atoms with Crippen molar-refractivity contribution in [3.05, 3.63) is 29.8 Å². The fourth-order valence-corrected chi connectivity index (χ4v) is 2.57. The van der Waals surface area contributed by atoms with Gasteiger partial charge in [0.15, 0.2) is 0 Å². The van der Waals surface area contributed by atoms with Crippen LogP contribution in [0.2, 0.25) is 0 Å². The number of para-hydroxylation sites is 1. The summed E-state index contributed by atoms with van der Waals surface area (Å²) in [6, 6.07) is 7.91. The SMILES string of the molecule is CNC1CCCN(C(=O)c2ccccc2OC(C)C)C1.Cl. The van der Waals surface area contributed by atoms with Gasteiger partial charge in [0.05, 0.1) is 11.7 Å². The van der Waals surface area contributed by atoms with Gasteiger partial charge in [0.1, 0.15) is 5.75 Å². The first-order valence-electron chi connectivity index (χ1n) is 7.34. The summed E-state index contributed by atoms with van der Waals surface area (Å²) < 4.78 is 5.75. The van der Waals surface area contributed by atoms with Crippen LogP contribution in [0.5, 0.6) is 5.75 Å². The van der Waals surface area contributed by atoms with Crippen LogP contribution in [0.4, 0.5) is 0 Å². The first-order valence-corrected chi connectivity index (χ1v) is 7.34. The van der Waals surface area contributed by atoms with Crippen LogP contribution in [0, 0.1) is 0 Å². The lowest BCUT2D eigenvalue weighted by Gasteiger charge is -2.33. The molecule has 0 saturated carbocycles. The van der Waals surface area contributed by atoms with Crippen molar-refractivity contribution in [3.63, 3.8) is 0 Å². The molecule has 0 spiro atoms. The fraction of sp³-hybridized carbons (Fsp3) is 0.562. The third-order valence-electron chi connectivity index (χ3n) is 3.60. The summed E-state index contributed by atoms with van der Waals surface area (Å²) in [7, 11) is 1.95. The maximum Gasteiger partial charge on any atom is 0.257 e. The van der Waals surface area contributed by atoms with E-state index in [4.69, 9.17) is 4.74 Å². The van der Waals surface area contributed by atoms with E-state index >= 15 is 0 Å². The van der Waals surface area contributed by atoms with Gasteiger partial charge in [-0.25, -0.2) is 0 Å². The molecular weight excluding hydrogens is 288 g/mol. The van der Waals surface area contributed by atoms with Crippen molar-refractivity contribution in [2.24, 2.45) is 0 Å². The van der Waals surface area contributed by atoms with E-state index in [1.807, 2.05) is 50.1 Å². The van der Waals surface area contributed by atoms with Gasteiger partial charge in [-0.2, -0.15) is 0 Å². The Hall–Kier alpha value is -1.26. The summed E-state index contributed by atoms with van der Waals surface area (Å²) in [5.41, 5.74) is 0.665. The molecule has 1 unspecified atom stereocenters. The number of piperidine rings is 1. The lowest BCUT2D eigenvalue weighted by atomic mass is 10.0. The van der Waals surface area contributed by atoms with Gasteiger partial charge < -0.3 is 15.0 Å². The minimum atomic E-state index is 0. The topological polar surface area (TPSA) is 41.6 Å². The van der Waals surface area contributed by atoms with E-state index in [0.717, 1.165) is 25.9 Å². The van der Waals surface area contributed by atoms with Crippen LogP contribution >= 0.6 is 12.4 Å². The molecular formula is C16H25ClN2O2. The van der Waals surface area contributed by atoms with E-state index in [-0.39, 0.29) is 24.4 Å². The van der Waals surface area contributed by atoms with Crippen LogP contribution in [0.3, 0.4) is 0 Å². The minimum Gasteiger partial charge on any atom is -0.490 e. The molecule has 0 aromatic heterocycles. The van der Waals surface area contributed by atoms with E-state index in [1.54, 1.807) is 0 Å². The Balaban J connectivity index is 0.00000220. The highest BCUT2D eigenvalue weighted by Gasteiger charge is 2.25. The van der Waals surface area contributed by atoms with Gasteiger partial charge in [0.25, 0.3) is 5.91 Å². The molecule has 1 amide bonds. The summed E-state index contributed by atoms with van der Waals surface area (Å²) in [6.45, 7) is 5.54. The standard InChI is InChI=1S/C16H24N2O2.ClH/c1-12(2)20-15-9-5-4-8-14(15)16(19)18-10-6-7-13(11-18)17-3;/h4-5,8-9,12-13,17H,6-7,10-11H2,1-3H3;1H. The number of carbonyl (C=O) groups is 1. The molecule has 1 aliphatic heterocycles. The number of rotatable bonds is 4. The molecule has 21 heavy (non-hydrogen) atoms. The van der Waals surface area contributed by atoms with Crippen molar-refractivity contribution in [3.8, 4) is 5.75 Å². The third-order valence-corrected chi connectivity index (χ3v) is 3.60. The van der Waals surface area contributed by atoms with E-state index in [0.29, 0.717) is 17.4 Å². The quantitative estimate of drug-likeness (QED) is 0.929. The van der Waals surface area contributed by atoms with Crippen molar-refractivity contribution in [2.75, 3.05) is 20.1 Å². The number of hydrogen-bond acceptors (Lipinski definition) is 3. The molecule has 1 atom stereocenters. The monoisotopic (exact) mass is 312 g/mol. The van der Waals surface area contributed by atoms with Gasteiger partial charge in [-0.15, -0.1) is 12.4 Å². The van der Waals surface area contributed by atoms with Crippen molar-refractivity contribution in [2.45, 2.75) is 38.8 Å². The van der Waals surface area contributed by atoms with Gasteiger partial charge in [0.2, 0.25) is 0 Å². The smallest absolute Gasteiger partial charge is 0.257 e. The molecule has 1 saturated heterocycles. The van der Waals surface area contributed by atoms with Crippen LogP contribution in [0.1, 0.15) is 37.0 Å². The number of amides is 1. The summed E-state index contributed by atoms with van der Waals surface area (Å²) in [4.78, 5) is 14.6. The predicted molar refractivity (Wildman–Crippen MR) is 87.4 cm³/mol. The number of benzene rings is 1. The Morgan fingerprint density at radius 3 is 2.76 bits per heavy atom. The maximum absolute atomic E-state index is 12.7. The van der Waals surface area contributed by atoms with Crippen LogP contribution in [0.25, 0.3) is 0 Å². The van der Waals surface area contributed by atoms with Crippen LogP contribution < -0.4 is 10.1 Å². The number of ether oxygens (including phenoxy) is 1. The lowest BCUT2D eigenvalue weighted by molar-refractivity contribution is 0.0692.